The lowest BCUT2D eigenvalue weighted by atomic mass is 10.1. The third-order valence-electron chi connectivity index (χ3n) is 2.72. The van der Waals surface area contributed by atoms with Crippen LogP contribution in [0.1, 0.15) is 37.0 Å². The Kier molecular flexibility index (Phi) is 4.96. The van der Waals surface area contributed by atoms with Crippen molar-refractivity contribution >= 4 is 6.29 Å². The molecule has 0 atom stereocenters. The number of benzene rings is 1. The molecule has 3 heteroatoms. The number of rotatable bonds is 6. The Bertz CT molecular complexity index is 346. The van der Waals surface area contributed by atoms with E-state index in [0.29, 0.717) is 24.4 Å². The van der Waals surface area contributed by atoms with Gasteiger partial charge in [-0.15, -0.1) is 0 Å². The first-order valence-electron chi connectivity index (χ1n) is 5.58. The zero-order valence-electron chi connectivity index (χ0n) is 9.70. The standard InChI is InChI=1S/C13H17FO2/c1-3-10(4-2)9-16-13-6-5-11(8-15)7-12(13)14/h5-8,10H,3-4,9H2,1-2H3. The van der Waals surface area contributed by atoms with Crippen LogP contribution < -0.4 is 4.74 Å². The minimum Gasteiger partial charge on any atom is -0.490 e. The van der Waals surface area contributed by atoms with Crippen LogP contribution in [0.15, 0.2) is 18.2 Å². The van der Waals surface area contributed by atoms with Gasteiger partial charge in [-0.1, -0.05) is 26.7 Å². The lowest BCUT2D eigenvalue weighted by Crippen LogP contribution is -2.10. The SMILES string of the molecule is CCC(CC)COc1ccc(C=O)cc1F. The Hall–Kier alpha value is -1.38. The number of carbonyl (C=O) groups is 1. The molecule has 1 aromatic rings. The van der Waals surface area contributed by atoms with E-state index >= 15 is 0 Å². The zero-order valence-corrected chi connectivity index (χ0v) is 9.70. The predicted octanol–water partition coefficient (Wildman–Crippen LogP) is 3.45. The number of halogens is 1. The Balaban J connectivity index is 2.63. The van der Waals surface area contributed by atoms with E-state index in [1.165, 1.54) is 12.1 Å². The summed E-state index contributed by atoms with van der Waals surface area (Å²) >= 11 is 0. The van der Waals surface area contributed by atoms with Crippen molar-refractivity contribution in [2.75, 3.05) is 6.61 Å². The molecule has 0 aromatic heterocycles. The first kappa shape index (κ1) is 12.7. The van der Waals surface area contributed by atoms with Crippen LogP contribution in [0.3, 0.4) is 0 Å². The highest BCUT2D eigenvalue weighted by atomic mass is 19.1. The molecule has 0 aliphatic carbocycles. The molecule has 0 aliphatic rings. The Morgan fingerprint density at radius 3 is 2.56 bits per heavy atom. The maximum atomic E-state index is 13.4. The van der Waals surface area contributed by atoms with E-state index in [-0.39, 0.29) is 5.75 Å². The molecule has 0 N–H and O–H groups in total. The largest absolute Gasteiger partial charge is 0.490 e. The number of hydrogen-bond donors (Lipinski definition) is 0. The average molecular weight is 224 g/mol. The topological polar surface area (TPSA) is 26.3 Å². The molecule has 0 heterocycles. The van der Waals surface area contributed by atoms with Gasteiger partial charge in [0.1, 0.15) is 6.29 Å². The minimum absolute atomic E-state index is 0.220. The number of ether oxygens (including phenoxy) is 1. The lowest BCUT2D eigenvalue weighted by molar-refractivity contribution is 0.112. The lowest BCUT2D eigenvalue weighted by Gasteiger charge is -2.14. The maximum Gasteiger partial charge on any atom is 0.165 e. The molecule has 0 spiro atoms. The zero-order chi connectivity index (χ0) is 12.0. The first-order valence-corrected chi connectivity index (χ1v) is 5.58. The summed E-state index contributed by atoms with van der Waals surface area (Å²) in [6.07, 6.45) is 2.66. The van der Waals surface area contributed by atoms with Crippen molar-refractivity contribution in [2.24, 2.45) is 5.92 Å². The normalized spacial score (nSPS) is 10.5. The van der Waals surface area contributed by atoms with Crippen LogP contribution in [0.5, 0.6) is 5.75 Å². The van der Waals surface area contributed by atoms with Gasteiger partial charge in [0.15, 0.2) is 11.6 Å². The molecule has 0 amide bonds. The van der Waals surface area contributed by atoms with Crippen molar-refractivity contribution in [1.82, 2.24) is 0 Å². The van der Waals surface area contributed by atoms with Crippen LogP contribution in [0.4, 0.5) is 4.39 Å². The van der Waals surface area contributed by atoms with E-state index in [1.54, 1.807) is 6.07 Å². The maximum absolute atomic E-state index is 13.4. The molecule has 1 aromatic carbocycles. The van der Waals surface area contributed by atoms with Crippen molar-refractivity contribution < 1.29 is 13.9 Å². The average Bonchev–Trinajstić information content (AvgIpc) is 2.32. The molecule has 0 aliphatic heterocycles. The molecule has 0 saturated heterocycles. The highest BCUT2D eigenvalue weighted by Crippen LogP contribution is 2.19. The number of carbonyl (C=O) groups excluding carboxylic acids is 1. The summed E-state index contributed by atoms with van der Waals surface area (Å²) in [4.78, 5) is 10.4. The summed E-state index contributed by atoms with van der Waals surface area (Å²) in [7, 11) is 0. The second kappa shape index (κ2) is 6.26. The molecule has 88 valence electrons. The third-order valence-corrected chi connectivity index (χ3v) is 2.72. The molecule has 16 heavy (non-hydrogen) atoms. The van der Waals surface area contributed by atoms with E-state index in [4.69, 9.17) is 4.74 Å². The van der Waals surface area contributed by atoms with Gasteiger partial charge in [0, 0.05) is 5.56 Å². The second-order valence-corrected chi connectivity index (χ2v) is 3.80. The van der Waals surface area contributed by atoms with Gasteiger partial charge >= 0.3 is 0 Å². The monoisotopic (exact) mass is 224 g/mol. The summed E-state index contributed by atoms with van der Waals surface area (Å²) in [6, 6.07) is 4.25. The smallest absolute Gasteiger partial charge is 0.165 e. The molecule has 0 radical (unpaired) electrons. The fourth-order valence-electron chi connectivity index (χ4n) is 1.44. The molecule has 2 nitrogen and oxygen atoms in total. The summed E-state index contributed by atoms with van der Waals surface area (Å²) in [6.45, 7) is 4.69. The van der Waals surface area contributed by atoms with Gasteiger partial charge < -0.3 is 4.74 Å². The van der Waals surface area contributed by atoms with Crippen LogP contribution in [-0.2, 0) is 0 Å². The quantitative estimate of drug-likeness (QED) is 0.692. The minimum atomic E-state index is -0.476. The Labute approximate surface area is 95.4 Å². The Morgan fingerprint density at radius 2 is 2.06 bits per heavy atom. The van der Waals surface area contributed by atoms with E-state index in [2.05, 4.69) is 13.8 Å². The molecular weight excluding hydrogens is 207 g/mol. The van der Waals surface area contributed by atoms with Gasteiger partial charge in [-0.25, -0.2) is 4.39 Å². The van der Waals surface area contributed by atoms with E-state index in [1.807, 2.05) is 0 Å². The van der Waals surface area contributed by atoms with Gasteiger partial charge in [-0.3, -0.25) is 4.79 Å². The van der Waals surface area contributed by atoms with Crippen molar-refractivity contribution in [3.05, 3.63) is 29.6 Å². The summed E-state index contributed by atoms with van der Waals surface area (Å²) in [5, 5.41) is 0. The van der Waals surface area contributed by atoms with Gasteiger partial charge in [0.05, 0.1) is 6.61 Å². The summed E-state index contributed by atoms with van der Waals surface area (Å²) in [5.74, 6) is 0.193. The third kappa shape index (κ3) is 3.33. The van der Waals surface area contributed by atoms with Crippen LogP contribution in [0, 0.1) is 11.7 Å². The van der Waals surface area contributed by atoms with Crippen LogP contribution in [0.25, 0.3) is 0 Å². The molecule has 0 bridgehead atoms. The highest BCUT2D eigenvalue weighted by Gasteiger charge is 2.08. The molecule has 0 unspecified atom stereocenters. The number of hydrogen-bond acceptors (Lipinski definition) is 2. The fourth-order valence-corrected chi connectivity index (χ4v) is 1.44. The fraction of sp³-hybridized carbons (Fsp3) is 0.462. The first-order chi connectivity index (χ1) is 7.71. The molecule has 0 saturated carbocycles. The predicted molar refractivity (Wildman–Crippen MR) is 61.4 cm³/mol. The van der Waals surface area contributed by atoms with Gasteiger partial charge in [-0.2, -0.15) is 0 Å². The van der Waals surface area contributed by atoms with Crippen molar-refractivity contribution in [1.29, 1.82) is 0 Å². The van der Waals surface area contributed by atoms with Crippen LogP contribution >= 0.6 is 0 Å². The molecular formula is C13H17FO2. The van der Waals surface area contributed by atoms with Crippen molar-refractivity contribution in [3.63, 3.8) is 0 Å². The Morgan fingerprint density at radius 1 is 1.38 bits per heavy atom. The summed E-state index contributed by atoms with van der Waals surface area (Å²) < 4.78 is 18.8. The van der Waals surface area contributed by atoms with Gasteiger partial charge in [0.2, 0.25) is 0 Å². The van der Waals surface area contributed by atoms with E-state index < -0.39 is 5.82 Å². The summed E-state index contributed by atoms with van der Waals surface area (Å²) in [5.41, 5.74) is 0.326. The number of aldehydes is 1. The van der Waals surface area contributed by atoms with E-state index in [0.717, 1.165) is 12.8 Å². The van der Waals surface area contributed by atoms with Crippen molar-refractivity contribution in [2.45, 2.75) is 26.7 Å². The molecule has 0 fully saturated rings. The van der Waals surface area contributed by atoms with Crippen LogP contribution in [-0.4, -0.2) is 12.9 Å². The molecule has 1 rings (SSSR count). The van der Waals surface area contributed by atoms with Gasteiger partial charge in [0.25, 0.3) is 0 Å². The highest BCUT2D eigenvalue weighted by molar-refractivity contribution is 5.74. The second-order valence-electron chi connectivity index (χ2n) is 3.80. The van der Waals surface area contributed by atoms with E-state index in [9.17, 15) is 9.18 Å². The van der Waals surface area contributed by atoms with Gasteiger partial charge in [-0.05, 0) is 24.1 Å². The van der Waals surface area contributed by atoms with Crippen molar-refractivity contribution in [3.8, 4) is 5.75 Å². The van der Waals surface area contributed by atoms with Crippen LogP contribution in [0.2, 0.25) is 0 Å².